The van der Waals surface area contributed by atoms with E-state index in [-0.39, 0.29) is 17.1 Å². The lowest BCUT2D eigenvalue weighted by atomic mass is 10.1. The molecule has 0 aliphatic rings. The zero-order valence-electron chi connectivity index (χ0n) is 8.18. The molecule has 0 aliphatic heterocycles. The Bertz CT molecular complexity index is 391. The molecule has 0 unspecified atom stereocenters. The van der Waals surface area contributed by atoms with Gasteiger partial charge in [0.05, 0.1) is 9.13 Å². The summed E-state index contributed by atoms with van der Waals surface area (Å²) >= 11 is 1.87. The first-order chi connectivity index (χ1) is 6.91. The molecule has 5 heteroatoms. The van der Waals surface area contributed by atoms with Crippen molar-refractivity contribution in [2.75, 3.05) is 0 Å². The summed E-state index contributed by atoms with van der Waals surface area (Å²) in [5, 5.41) is 0. The molecule has 0 radical (unpaired) electrons. The number of ether oxygens (including phenoxy) is 1. The second-order valence-corrected chi connectivity index (χ2v) is 4.22. The molecule has 0 aromatic heterocycles. The Morgan fingerprint density at radius 3 is 2.53 bits per heavy atom. The summed E-state index contributed by atoms with van der Waals surface area (Å²) in [6.45, 7) is 0.198. The van der Waals surface area contributed by atoms with Crippen LogP contribution < -0.4 is 4.74 Å². The maximum atomic E-state index is 12.1. The van der Waals surface area contributed by atoms with Crippen LogP contribution >= 0.6 is 22.6 Å². The highest BCUT2D eigenvalue weighted by Crippen LogP contribution is 2.29. The highest BCUT2D eigenvalue weighted by Gasteiger charge is 2.16. The molecular formula is C10H9F2IO2. The SMILES string of the molecule is CC(=O)c1cc(C)cc(I)c1OC(F)F. The van der Waals surface area contributed by atoms with E-state index in [4.69, 9.17) is 0 Å². The van der Waals surface area contributed by atoms with Crippen LogP contribution in [0.5, 0.6) is 5.75 Å². The minimum Gasteiger partial charge on any atom is -0.433 e. The number of aryl methyl sites for hydroxylation is 1. The molecule has 2 nitrogen and oxygen atoms in total. The van der Waals surface area contributed by atoms with Gasteiger partial charge >= 0.3 is 6.61 Å². The summed E-state index contributed by atoms with van der Waals surface area (Å²) in [6.07, 6.45) is 0. The number of benzene rings is 1. The van der Waals surface area contributed by atoms with Gasteiger partial charge in [0.1, 0.15) is 5.75 Å². The average Bonchev–Trinajstić information content (AvgIpc) is 2.08. The number of rotatable bonds is 3. The first-order valence-corrected chi connectivity index (χ1v) is 5.25. The Morgan fingerprint density at radius 2 is 2.07 bits per heavy atom. The van der Waals surface area contributed by atoms with Gasteiger partial charge in [0.25, 0.3) is 0 Å². The number of Topliss-reactive ketones (excluding diaryl/α,β-unsaturated/α-hetero) is 1. The van der Waals surface area contributed by atoms with E-state index in [9.17, 15) is 13.6 Å². The topological polar surface area (TPSA) is 26.3 Å². The molecular weight excluding hydrogens is 317 g/mol. The fourth-order valence-corrected chi connectivity index (χ4v) is 2.11. The van der Waals surface area contributed by atoms with Gasteiger partial charge in [-0.2, -0.15) is 8.78 Å². The van der Waals surface area contributed by atoms with E-state index in [1.807, 2.05) is 22.6 Å². The van der Waals surface area contributed by atoms with Crippen molar-refractivity contribution < 1.29 is 18.3 Å². The van der Waals surface area contributed by atoms with E-state index < -0.39 is 6.61 Å². The standard InChI is InChI=1S/C10H9F2IO2/c1-5-3-7(6(2)14)9(8(13)4-5)15-10(11)12/h3-4,10H,1-2H3. The summed E-state index contributed by atoms with van der Waals surface area (Å²) < 4.78 is 29.1. The fraction of sp³-hybridized carbons (Fsp3) is 0.300. The van der Waals surface area contributed by atoms with Crippen LogP contribution in [-0.2, 0) is 0 Å². The van der Waals surface area contributed by atoms with Crippen molar-refractivity contribution in [2.24, 2.45) is 0 Å². The van der Waals surface area contributed by atoms with Gasteiger partial charge in [-0.15, -0.1) is 0 Å². The Kier molecular flexibility index (Phi) is 4.01. The monoisotopic (exact) mass is 326 g/mol. The predicted molar refractivity (Wildman–Crippen MR) is 60.5 cm³/mol. The maximum Gasteiger partial charge on any atom is 0.387 e. The van der Waals surface area contributed by atoms with Crippen LogP contribution in [0.4, 0.5) is 8.78 Å². The third kappa shape index (κ3) is 3.12. The normalized spacial score (nSPS) is 10.5. The third-order valence-electron chi connectivity index (χ3n) is 1.77. The van der Waals surface area contributed by atoms with Gasteiger partial charge in [-0.25, -0.2) is 0 Å². The highest BCUT2D eigenvalue weighted by molar-refractivity contribution is 14.1. The van der Waals surface area contributed by atoms with E-state index in [1.54, 1.807) is 19.1 Å². The average molecular weight is 326 g/mol. The van der Waals surface area contributed by atoms with Crippen molar-refractivity contribution in [3.63, 3.8) is 0 Å². The Hall–Kier alpha value is -0.720. The van der Waals surface area contributed by atoms with E-state index in [0.717, 1.165) is 5.56 Å². The van der Waals surface area contributed by atoms with Crippen LogP contribution in [0.15, 0.2) is 12.1 Å². The molecule has 0 amide bonds. The lowest BCUT2D eigenvalue weighted by molar-refractivity contribution is -0.0507. The molecule has 1 rings (SSSR count). The van der Waals surface area contributed by atoms with Crippen molar-refractivity contribution in [3.8, 4) is 5.75 Å². The Balaban J connectivity index is 3.27. The number of halogens is 3. The summed E-state index contributed by atoms with van der Waals surface area (Å²) in [7, 11) is 0. The highest BCUT2D eigenvalue weighted by atomic mass is 127. The van der Waals surface area contributed by atoms with E-state index in [0.29, 0.717) is 3.57 Å². The van der Waals surface area contributed by atoms with Gasteiger partial charge in [-0.3, -0.25) is 4.79 Å². The quantitative estimate of drug-likeness (QED) is 0.629. The van der Waals surface area contributed by atoms with E-state index in [2.05, 4.69) is 4.74 Å². The minimum absolute atomic E-state index is 0.0382. The van der Waals surface area contributed by atoms with Crippen molar-refractivity contribution in [1.82, 2.24) is 0 Å². The summed E-state index contributed by atoms with van der Waals surface area (Å²) in [4.78, 5) is 11.2. The van der Waals surface area contributed by atoms with Crippen LogP contribution in [-0.4, -0.2) is 12.4 Å². The molecule has 0 bridgehead atoms. The van der Waals surface area contributed by atoms with Crippen molar-refractivity contribution in [1.29, 1.82) is 0 Å². The number of carbonyl (C=O) groups is 1. The fourth-order valence-electron chi connectivity index (χ4n) is 1.20. The predicted octanol–water partition coefficient (Wildman–Crippen LogP) is 3.40. The molecule has 1 aromatic rings. The van der Waals surface area contributed by atoms with Crippen molar-refractivity contribution >= 4 is 28.4 Å². The number of alkyl halides is 2. The number of ketones is 1. The van der Waals surface area contributed by atoms with Crippen LogP contribution in [0.1, 0.15) is 22.8 Å². The maximum absolute atomic E-state index is 12.1. The molecule has 0 fully saturated rings. The molecule has 0 N–H and O–H groups in total. The minimum atomic E-state index is -2.92. The Labute approximate surface area is 99.8 Å². The molecule has 0 heterocycles. The van der Waals surface area contributed by atoms with Crippen molar-refractivity contribution in [3.05, 3.63) is 26.8 Å². The lowest BCUT2D eigenvalue weighted by Crippen LogP contribution is -2.08. The summed E-state index contributed by atoms with van der Waals surface area (Å²) in [6, 6.07) is 3.23. The molecule has 82 valence electrons. The van der Waals surface area contributed by atoms with Gasteiger partial charge in [0, 0.05) is 0 Å². The molecule has 0 saturated carbocycles. The van der Waals surface area contributed by atoms with Crippen LogP contribution in [0, 0.1) is 10.5 Å². The van der Waals surface area contributed by atoms with E-state index >= 15 is 0 Å². The van der Waals surface area contributed by atoms with Gasteiger partial charge in [0.15, 0.2) is 5.78 Å². The smallest absolute Gasteiger partial charge is 0.387 e. The number of hydrogen-bond acceptors (Lipinski definition) is 2. The van der Waals surface area contributed by atoms with Crippen LogP contribution in [0.25, 0.3) is 0 Å². The summed E-state index contributed by atoms with van der Waals surface area (Å²) in [5.41, 5.74) is 1.03. The van der Waals surface area contributed by atoms with Gasteiger partial charge in [-0.05, 0) is 54.1 Å². The second kappa shape index (κ2) is 4.87. The van der Waals surface area contributed by atoms with Crippen LogP contribution in [0.2, 0.25) is 0 Å². The molecule has 1 aromatic carbocycles. The largest absolute Gasteiger partial charge is 0.433 e. The number of carbonyl (C=O) groups excluding carboxylic acids is 1. The lowest BCUT2D eigenvalue weighted by Gasteiger charge is -2.11. The molecule has 0 aliphatic carbocycles. The van der Waals surface area contributed by atoms with E-state index in [1.165, 1.54) is 6.92 Å². The first kappa shape index (κ1) is 12.4. The van der Waals surface area contributed by atoms with Gasteiger partial charge in [-0.1, -0.05) is 0 Å². The zero-order chi connectivity index (χ0) is 11.6. The first-order valence-electron chi connectivity index (χ1n) is 4.17. The third-order valence-corrected chi connectivity index (χ3v) is 2.58. The van der Waals surface area contributed by atoms with Crippen molar-refractivity contribution in [2.45, 2.75) is 20.5 Å². The Morgan fingerprint density at radius 1 is 1.47 bits per heavy atom. The zero-order valence-corrected chi connectivity index (χ0v) is 10.3. The molecule has 0 saturated heterocycles. The molecule has 0 spiro atoms. The van der Waals surface area contributed by atoms with Crippen LogP contribution in [0.3, 0.4) is 0 Å². The van der Waals surface area contributed by atoms with Gasteiger partial charge < -0.3 is 4.74 Å². The molecule has 0 atom stereocenters. The summed E-state index contributed by atoms with van der Waals surface area (Å²) in [5.74, 6) is -0.323. The second-order valence-electron chi connectivity index (χ2n) is 3.06. The van der Waals surface area contributed by atoms with Gasteiger partial charge in [0.2, 0.25) is 0 Å². The number of hydrogen-bond donors (Lipinski definition) is 0. The molecule has 15 heavy (non-hydrogen) atoms.